The molecule has 0 unspecified atom stereocenters. The second kappa shape index (κ2) is 3.79. The van der Waals surface area contributed by atoms with Crippen molar-refractivity contribution in [3.63, 3.8) is 0 Å². The lowest BCUT2D eigenvalue weighted by molar-refractivity contribution is 0.0996. The zero-order chi connectivity index (χ0) is 10.8. The van der Waals surface area contributed by atoms with Crippen LogP contribution >= 0.6 is 0 Å². The van der Waals surface area contributed by atoms with Crippen molar-refractivity contribution >= 4 is 19.8 Å². The summed E-state index contributed by atoms with van der Waals surface area (Å²) in [7, 11) is -1.47. The van der Waals surface area contributed by atoms with Crippen LogP contribution in [0.2, 0.25) is 19.6 Å². The maximum absolute atomic E-state index is 11.0. The Kier molecular flexibility index (Phi) is 2.90. The van der Waals surface area contributed by atoms with E-state index in [4.69, 9.17) is 5.73 Å². The summed E-state index contributed by atoms with van der Waals surface area (Å²) < 4.78 is 0. The number of amides is 1. The molecular formula is C9H15N3OSi. The first-order valence-electron chi connectivity index (χ1n) is 4.43. The summed E-state index contributed by atoms with van der Waals surface area (Å²) in [6.45, 7) is 6.43. The Morgan fingerprint density at radius 1 is 1.50 bits per heavy atom. The molecule has 0 aromatic carbocycles. The predicted octanol–water partition coefficient (Wildman–Crippen LogP) is 1.43. The minimum absolute atomic E-state index is 0.315. The molecule has 1 aromatic rings. The molecule has 0 aliphatic carbocycles. The van der Waals surface area contributed by atoms with Crippen LogP contribution in [0.25, 0.3) is 0 Å². The highest BCUT2D eigenvalue weighted by Crippen LogP contribution is 2.15. The van der Waals surface area contributed by atoms with Gasteiger partial charge in [0, 0.05) is 6.20 Å². The lowest BCUT2D eigenvalue weighted by Gasteiger charge is -2.20. The zero-order valence-corrected chi connectivity index (χ0v) is 9.66. The summed E-state index contributed by atoms with van der Waals surface area (Å²) in [4.78, 5) is 18.3. The fourth-order valence-electron chi connectivity index (χ4n) is 1.11. The van der Waals surface area contributed by atoms with Crippen molar-refractivity contribution in [3.8, 4) is 0 Å². The van der Waals surface area contributed by atoms with E-state index >= 15 is 0 Å². The van der Waals surface area contributed by atoms with E-state index in [1.165, 1.54) is 0 Å². The normalized spacial score (nSPS) is 11.1. The third-order valence-electron chi connectivity index (χ3n) is 1.55. The zero-order valence-electron chi connectivity index (χ0n) is 8.66. The number of primary amides is 1. The van der Waals surface area contributed by atoms with E-state index in [2.05, 4.69) is 29.6 Å². The number of anilines is 1. The summed E-state index contributed by atoms with van der Waals surface area (Å²) in [5.74, 6) is -0.494. The molecule has 4 nitrogen and oxygen atoms in total. The van der Waals surface area contributed by atoms with Crippen LogP contribution in [0.4, 0.5) is 5.69 Å². The van der Waals surface area contributed by atoms with E-state index in [0.29, 0.717) is 5.69 Å². The van der Waals surface area contributed by atoms with Crippen LogP contribution in [-0.4, -0.2) is 19.1 Å². The number of carbonyl (C=O) groups is 1. The molecule has 5 heteroatoms. The van der Waals surface area contributed by atoms with Gasteiger partial charge in [-0.3, -0.25) is 4.79 Å². The van der Waals surface area contributed by atoms with Gasteiger partial charge in [-0.25, -0.2) is 4.98 Å². The first-order valence-corrected chi connectivity index (χ1v) is 7.93. The lowest BCUT2D eigenvalue weighted by Crippen LogP contribution is -2.33. The molecule has 1 rings (SSSR count). The van der Waals surface area contributed by atoms with Gasteiger partial charge in [-0.2, -0.15) is 0 Å². The van der Waals surface area contributed by atoms with Crippen LogP contribution < -0.4 is 10.7 Å². The number of hydrogen-bond acceptors (Lipinski definition) is 3. The number of hydrogen-bond donors (Lipinski definition) is 2. The largest absolute Gasteiger partial charge is 0.409 e. The van der Waals surface area contributed by atoms with E-state index in [1.807, 2.05) is 6.07 Å². The van der Waals surface area contributed by atoms with Gasteiger partial charge in [0.25, 0.3) is 5.91 Å². The summed E-state index contributed by atoms with van der Waals surface area (Å²) in [5, 5.41) is 0. The van der Waals surface area contributed by atoms with E-state index < -0.39 is 14.1 Å². The highest BCUT2D eigenvalue weighted by atomic mass is 28.3. The monoisotopic (exact) mass is 209 g/mol. The molecule has 1 amide bonds. The fraction of sp³-hybridized carbons (Fsp3) is 0.333. The van der Waals surface area contributed by atoms with Gasteiger partial charge in [0.05, 0.1) is 5.69 Å². The lowest BCUT2D eigenvalue weighted by atomic mass is 10.3. The first-order chi connectivity index (χ1) is 6.40. The van der Waals surface area contributed by atoms with Crippen LogP contribution in [-0.2, 0) is 0 Å². The van der Waals surface area contributed by atoms with Crippen molar-refractivity contribution in [1.82, 2.24) is 4.98 Å². The Labute approximate surface area is 84.6 Å². The minimum atomic E-state index is -1.47. The van der Waals surface area contributed by atoms with E-state index in [-0.39, 0.29) is 0 Å². The van der Waals surface area contributed by atoms with E-state index in [1.54, 1.807) is 12.3 Å². The Morgan fingerprint density at radius 2 is 2.14 bits per heavy atom. The average Bonchev–Trinajstić information content (AvgIpc) is 2.01. The number of nitrogens with zero attached hydrogens (tertiary/aromatic N) is 1. The molecule has 0 aliphatic rings. The number of rotatable bonds is 3. The molecule has 0 radical (unpaired) electrons. The van der Waals surface area contributed by atoms with Gasteiger partial charge < -0.3 is 10.7 Å². The molecule has 1 aromatic heterocycles. The van der Waals surface area contributed by atoms with Crippen molar-refractivity contribution in [1.29, 1.82) is 0 Å². The molecule has 0 fully saturated rings. The molecule has 1 heterocycles. The van der Waals surface area contributed by atoms with Gasteiger partial charge in [-0.05, 0) is 12.1 Å². The van der Waals surface area contributed by atoms with Crippen LogP contribution in [0.5, 0.6) is 0 Å². The maximum Gasteiger partial charge on any atom is 0.269 e. The van der Waals surface area contributed by atoms with Crippen molar-refractivity contribution in [2.24, 2.45) is 5.73 Å². The third kappa shape index (κ3) is 2.84. The highest BCUT2D eigenvalue weighted by molar-refractivity contribution is 6.79. The topological polar surface area (TPSA) is 68.0 Å². The highest BCUT2D eigenvalue weighted by Gasteiger charge is 2.17. The molecule has 3 N–H and O–H groups in total. The van der Waals surface area contributed by atoms with Gasteiger partial charge in [0.15, 0.2) is 0 Å². The van der Waals surface area contributed by atoms with E-state index in [0.717, 1.165) is 5.69 Å². The van der Waals surface area contributed by atoms with Gasteiger partial charge in [-0.1, -0.05) is 19.6 Å². The van der Waals surface area contributed by atoms with Gasteiger partial charge >= 0.3 is 0 Å². The molecule has 0 atom stereocenters. The van der Waals surface area contributed by atoms with Crippen molar-refractivity contribution in [3.05, 3.63) is 24.0 Å². The van der Waals surface area contributed by atoms with Gasteiger partial charge in [0.1, 0.15) is 13.9 Å². The number of nitrogens with two attached hydrogens (primary N) is 1. The van der Waals surface area contributed by atoms with Crippen LogP contribution in [0, 0.1) is 0 Å². The summed E-state index contributed by atoms with van der Waals surface area (Å²) in [6.07, 6.45) is 1.56. The second-order valence-corrected chi connectivity index (χ2v) is 8.89. The van der Waals surface area contributed by atoms with Crippen LogP contribution in [0.15, 0.2) is 18.3 Å². The minimum Gasteiger partial charge on any atom is -0.409 e. The molecule has 0 saturated heterocycles. The van der Waals surface area contributed by atoms with Crippen LogP contribution in [0.3, 0.4) is 0 Å². The van der Waals surface area contributed by atoms with E-state index in [9.17, 15) is 4.79 Å². The summed E-state index contributed by atoms with van der Waals surface area (Å²) in [6, 6.07) is 3.61. The van der Waals surface area contributed by atoms with Gasteiger partial charge in [-0.15, -0.1) is 0 Å². The Morgan fingerprint density at radius 3 is 2.64 bits per heavy atom. The smallest absolute Gasteiger partial charge is 0.269 e. The standard InChI is InChI=1S/C9H15N3OSi/c1-14(2,3)12-7-5-4-6-11-8(7)9(10)13/h4-6,12H,1-3H3,(H2,10,13). The molecule has 0 spiro atoms. The summed E-state index contributed by atoms with van der Waals surface area (Å²) >= 11 is 0. The number of pyridine rings is 1. The molecule has 76 valence electrons. The SMILES string of the molecule is C[Si](C)(C)Nc1cccnc1C(N)=O. The van der Waals surface area contributed by atoms with Crippen LogP contribution in [0.1, 0.15) is 10.5 Å². The number of carbonyl (C=O) groups excluding carboxylic acids is 1. The second-order valence-electron chi connectivity index (χ2n) is 4.14. The molecule has 0 aliphatic heterocycles. The molecule has 14 heavy (non-hydrogen) atoms. The van der Waals surface area contributed by atoms with Crippen molar-refractivity contribution < 1.29 is 4.79 Å². The summed E-state index contributed by atoms with van der Waals surface area (Å²) in [5.41, 5.74) is 6.26. The Balaban J connectivity index is 3.02. The molecule has 0 bridgehead atoms. The van der Waals surface area contributed by atoms with Gasteiger partial charge in [0.2, 0.25) is 0 Å². The molecule has 0 saturated carbocycles. The van der Waals surface area contributed by atoms with Crippen molar-refractivity contribution in [2.45, 2.75) is 19.6 Å². The number of aromatic nitrogens is 1. The fourth-order valence-corrected chi connectivity index (χ4v) is 2.12. The Hall–Kier alpha value is -1.36. The first kappa shape index (κ1) is 10.7. The third-order valence-corrected chi connectivity index (χ3v) is 2.57. The number of nitrogens with one attached hydrogen (secondary N) is 1. The average molecular weight is 209 g/mol. The predicted molar refractivity (Wildman–Crippen MR) is 59.7 cm³/mol. The Bertz CT molecular complexity index is 346. The quantitative estimate of drug-likeness (QED) is 0.740. The maximum atomic E-state index is 11.0. The molecular weight excluding hydrogens is 194 g/mol. The van der Waals surface area contributed by atoms with Crippen molar-refractivity contribution in [2.75, 3.05) is 4.98 Å².